The molecule has 1 aromatic carbocycles. The van der Waals surface area contributed by atoms with Gasteiger partial charge in [0.15, 0.2) is 0 Å². The molecule has 2 nitrogen and oxygen atoms in total. The van der Waals surface area contributed by atoms with Gasteiger partial charge in [-0.15, -0.1) is 0 Å². The zero-order valence-electron chi connectivity index (χ0n) is 8.79. The molecule has 0 bridgehead atoms. The molecule has 1 atom stereocenters. The first-order chi connectivity index (χ1) is 6.99. The number of ether oxygens (including phenoxy) is 1. The third-order valence-corrected chi connectivity index (χ3v) is 3.11. The largest absolute Gasteiger partial charge is 0.459 e. The summed E-state index contributed by atoms with van der Waals surface area (Å²) in [6.45, 7) is 3.88. The summed E-state index contributed by atoms with van der Waals surface area (Å²) < 4.78 is 5.27. The summed E-state index contributed by atoms with van der Waals surface area (Å²) in [6.07, 6.45) is 0.453. The fraction of sp³-hybridized carbons (Fsp3) is 0.417. The predicted octanol–water partition coefficient (Wildman–Crippen LogP) is 3.15. The van der Waals surface area contributed by atoms with Crippen LogP contribution in [0, 0.1) is 0 Å². The van der Waals surface area contributed by atoms with E-state index in [2.05, 4.69) is 0 Å². The van der Waals surface area contributed by atoms with Crippen LogP contribution in [-0.2, 0) is 9.53 Å². The molecule has 0 radical (unpaired) electrons. The van der Waals surface area contributed by atoms with Crippen molar-refractivity contribution in [3.63, 3.8) is 0 Å². The molecule has 0 aromatic heterocycles. The Hall–Kier alpha value is -1.02. The summed E-state index contributed by atoms with van der Waals surface area (Å²) in [7, 11) is 0. The average Bonchev–Trinajstić information content (AvgIpc) is 2.41. The second-order valence-corrected chi connectivity index (χ2v) is 4.82. The predicted molar refractivity (Wildman–Crippen MR) is 59.0 cm³/mol. The van der Waals surface area contributed by atoms with E-state index in [9.17, 15) is 4.79 Å². The van der Waals surface area contributed by atoms with Crippen LogP contribution in [0.2, 0.25) is 5.02 Å². The SMILES string of the molecule is CC1(C)OC(=O)CC1c1ccc(Cl)cc1. The number of esters is 1. The van der Waals surface area contributed by atoms with Crippen LogP contribution in [0.25, 0.3) is 0 Å². The van der Waals surface area contributed by atoms with E-state index in [-0.39, 0.29) is 11.9 Å². The second kappa shape index (κ2) is 3.53. The van der Waals surface area contributed by atoms with Crippen LogP contribution < -0.4 is 0 Å². The normalized spacial score (nSPS) is 23.9. The molecule has 1 unspecified atom stereocenters. The number of hydrogen-bond acceptors (Lipinski definition) is 2. The average molecular weight is 225 g/mol. The minimum atomic E-state index is -0.412. The number of carbonyl (C=O) groups excluding carboxylic acids is 1. The molecule has 0 N–H and O–H groups in total. The number of benzene rings is 1. The molecule has 1 fully saturated rings. The highest BCUT2D eigenvalue weighted by Gasteiger charge is 2.42. The maximum Gasteiger partial charge on any atom is 0.307 e. The smallest absolute Gasteiger partial charge is 0.307 e. The molecule has 1 aromatic rings. The van der Waals surface area contributed by atoms with E-state index in [0.717, 1.165) is 5.56 Å². The van der Waals surface area contributed by atoms with Crippen LogP contribution >= 0.6 is 11.6 Å². The Morgan fingerprint density at radius 2 is 1.93 bits per heavy atom. The Morgan fingerprint density at radius 1 is 1.33 bits per heavy atom. The number of cyclic esters (lactones) is 1. The number of rotatable bonds is 1. The van der Waals surface area contributed by atoms with Gasteiger partial charge in [0.25, 0.3) is 0 Å². The summed E-state index contributed by atoms with van der Waals surface area (Å²) in [6, 6.07) is 7.60. The van der Waals surface area contributed by atoms with Crippen molar-refractivity contribution in [3.05, 3.63) is 34.9 Å². The molecule has 1 aliphatic rings. The maximum atomic E-state index is 11.3. The van der Waals surface area contributed by atoms with Crippen LogP contribution in [-0.4, -0.2) is 11.6 Å². The van der Waals surface area contributed by atoms with Gasteiger partial charge in [-0.2, -0.15) is 0 Å². The van der Waals surface area contributed by atoms with Gasteiger partial charge in [-0.25, -0.2) is 0 Å². The first-order valence-corrected chi connectivity index (χ1v) is 5.34. The van der Waals surface area contributed by atoms with E-state index in [1.54, 1.807) is 0 Å². The van der Waals surface area contributed by atoms with Crippen LogP contribution in [0.1, 0.15) is 31.7 Å². The number of halogens is 1. The lowest BCUT2D eigenvalue weighted by molar-refractivity contribution is -0.146. The minimum absolute atomic E-state index is 0.125. The Balaban J connectivity index is 2.31. The van der Waals surface area contributed by atoms with Crippen LogP contribution in [0.15, 0.2) is 24.3 Å². The molecule has 0 amide bonds. The monoisotopic (exact) mass is 224 g/mol. The molecule has 80 valence electrons. The summed E-state index contributed by atoms with van der Waals surface area (Å²) in [5.74, 6) is 0.00205. The highest BCUT2D eigenvalue weighted by Crippen LogP contribution is 2.40. The number of carbonyl (C=O) groups is 1. The first kappa shape index (κ1) is 10.5. The van der Waals surface area contributed by atoms with Gasteiger partial charge in [-0.05, 0) is 31.5 Å². The zero-order valence-corrected chi connectivity index (χ0v) is 9.54. The molecule has 15 heavy (non-hydrogen) atoms. The van der Waals surface area contributed by atoms with Gasteiger partial charge in [0.1, 0.15) is 5.60 Å². The highest BCUT2D eigenvalue weighted by molar-refractivity contribution is 6.30. The molecule has 1 aliphatic heterocycles. The minimum Gasteiger partial charge on any atom is -0.459 e. The standard InChI is InChI=1S/C12H13ClO2/c1-12(2)10(7-11(14)15-12)8-3-5-9(13)6-4-8/h3-6,10H,7H2,1-2H3. The molecule has 2 rings (SSSR count). The first-order valence-electron chi connectivity index (χ1n) is 4.96. The van der Waals surface area contributed by atoms with Crippen molar-refractivity contribution in [1.82, 2.24) is 0 Å². The third kappa shape index (κ3) is 2.00. The van der Waals surface area contributed by atoms with E-state index < -0.39 is 5.60 Å². The van der Waals surface area contributed by atoms with Crippen molar-refractivity contribution in [2.75, 3.05) is 0 Å². The molecular weight excluding hydrogens is 212 g/mol. The quantitative estimate of drug-likeness (QED) is 0.685. The fourth-order valence-corrected chi connectivity index (χ4v) is 2.16. The Labute approximate surface area is 94.2 Å². The van der Waals surface area contributed by atoms with E-state index in [0.29, 0.717) is 11.4 Å². The highest BCUT2D eigenvalue weighted by atomic mass is 35.5. The van der Waals surface area contributed by atoms with Gasteiger partial charge in [0, 0.05) is 10.9 Å². The molecular formula is C12H13ClO2. The van der Waals surface area contributed by atoms with Crippen molar-refractivity contribution < 1.29 is 9.53 Å². The lowest BCUT2D eigenvalue weighted by atomic mass is 9.84. The van der Waals surface area contributed by atoms with E-state index >= 15 is 0 Å². The summed E-state index contributed by atoms with van der Waals surface area (Å²) >= 11 is 5.82. The van der Waals surface area contributed by atoms with Crippen molar-refractivity contribution in [3.8, 4) is 0 Å². The second-order valence-electron chi connectivity index (χ2n) is 4.39. The molecule has 0 spiro atoms. The van der Waals surface area contributed by atoms with Crippen LogP contribution in [0.5, 0.6) is 0 Å². The number of hydrogen-bond donors (Lipinski definition) is 0. The Morgan fingerprint density at radius 3 is 2.40 bits per heavy atom. The molecule has 1 heterocycles. The van der Waals surface area contributed by atoms with E-state index in [1.165, 1.54) is 0 Å². The van der Waals surface area contributed by atoms with E-state index in [1.807, 2.05) is 38.1 Å². The van der Waals surface area contributed by atoms with Gasteiger partial charge < -0.3 is 4.74 Å². The zero-order chi connectivity index (χ0) is 11.1. The van der Waals surface area contributed by atoms with Crippen molar-refractivity contribution in [2.45, 2.75) is 31.8 Å². The van der Waals surface area contributed by atoms with Crippen molar-refractivity contribution in [1.29, 1.82) is 0 Å². The van der Waals surface area contributed by atoms with E-state index in [4.69, 9.17) is 16.3 Å². The van der Waals surface area contributed by atoms with Crippen molar-refractivity contribution in [2.24, 2.45) is 0 Å². The van der Waals surface area contributed by atoms with Gasteiger partial charge in [0.2, 0.25) is 0 Å². The Bertz CT molecular complexity index is 381. The van der Waals surface area contributed by atoms with Crippen LogP contribution in [0.3, 0.4) is 0 Å². The third-order valence-electron chi connectivity index (χ3n) is 2.86. The fourth-order valence-electron chi connectivity index (χ4n) is 2.03. The lowest BCUT2D eigenvalue weighted by Crippen LogP contribution is -2.25. The van der Waals surface area contributed by atoms with Crippen LogP contribution in [0.4, 0.5) is 0 Å². The molecule has 3 heteroatoms. The van der Waals surface area contributed by atoms with Crippen molar-refractivity contribution >= 4 is 17.6 Å². The maximum absolute atomic E-state index is 11.3. The molecule has 0 saturated carbocycles. The van der Waals surface area contributed by atoms with Gasteiger partial charge in [0.05, 0.1) is 6.42 Å². The molecule has 0 aliphatic carbocycles. The summed E-state index contributed by atoms with van der Waals surface area (Å²) in [4.78, 5) is 11.3. The lowest BCUT2D eigenvalue weighted by Gasteiger charge is -2.24. The van der Waals surface area contributed by atoms with Gasteiger partial charge in [-0.3, -0.25) is 4.79 Å². The summed E-state index contributed by atoms with van der Waals surface area (Å²) in [5, 5.41) is 0.710. The topological polar surface area (TPSA) is 26.3 Å². The van der Waals surface area contributed by atoms with Gasteiger partial charge >= 0.3 is 5.97 Å². The summed E-state index contributed by atoms with van der Waals surface area (Å²) in [5.41, 5.74) is 0.695. The Kier molecular flexibility index (Phi) is 2.47. The molecule has 1 saturated heterocycles. The van der Waals surface area contributed by atoms with Gasteiger partial charge in [-0.1, -0.05) is 23.7 Å².